The van der Waals surface area contributed by atoms with E-state index in [2.05, 4.69) is 10.3 Å². The highest BCUT2D eigenvalue weighted by Crippen LogP contribution is 2.48. The summed E-state index contributed by atoms with van der Waals surface area (Å²) in [6.45, 7) is 2.79. The summed E-state index contributed by atoms with van der Waals surface area (Å²) in [6.07, 6.45) is 2.49. The van der Waals surface area contributed by atoms with E-state index in [1.165, 1.54) is 0 Å². The van der Waals surface area contributed by atoms with Crippen LogP contribution in [0.15, 0.2) is 29.6 Å². The maximum Gasteiger partial charge on any atom is 0.321 e. The molecule has 0 radical (unpaired) electrons. The molecule has 7 heteroatoms. The van der Waals surface area contributed by atoms with Gasteiger partial charge in [0.25, 0.3) is 0 Å². The minimum absolute atomic E-state index is 0.0704. The zero-order chi connectivity index (χ0) is 18.3. The molecule has 2 atom stereocenters. The smallest absolute Gasteiger partial charge is 0.321 e. The zero-order valence-electron chi connectivity index (χ0n) is 14.6. The van der Waals surface area contributed by atoms with E-state index in [0.29, 0.717) is 25.2 Å². The Morgan fingerprint density at radius 3 is 2.73 bits per heavy atom. The molecule has 1 saturated carbocycles. The fourth-order valence-electron chi connectivity index (χ4n) is 4.22. The number of likely N-dealkylation sites (tertiary alicyclic amines) is 1. The molecule has 1 aliphatic carbocycles. The molecule has 4 rings (SSSR count). The number of aromatic nitrogens is 1. The molecule has 2 fully saturated rings. The number of carbonyl (C=O) groups excluding carboxylic acids is 1. The zero-order valence-corrected chi connectivity index (χ0v) is 15.4. The number of hydrogen-bond acceptors (Lipinski definition) is 4. The lowest BCUT2D eigenvalue weighted by Gasteiger charge is -2.23. The van der Waals surface area contributed by atoms with E-state index in [-0.39, 0.29) is 11.9 Å². The van der Waals surface area contributed by atoms with E-state index in [4.69, 9.17) is 0 Å². The number of urea groups is 1. The van der Waals surface area contributed by atoms with Crippen molar-refractivity contribution in [3.8, 4) is 11.3 Å². The third kappa shape index (κ3) is 2.86. The number of anilines is 1. The fraction of sp³-hybridized carbons (Fsp3) is 0.421. The highest BCUT2D eigenvalue weighted by Gasteiger charge is 2.55. The Balaban J connectivity index is 1.43. The first-order valence-corrected chi connectivity index (χ1v) is 9.68. The number of carboxylic acids is 1. The van der Waals surface area contributed by atoms with E-state index in [1.54, 1.807) is 16.2 Å². The molecule has 2 amide bonds. The minimum Gasteiger partial charge on any atom is -0.481 e. The van der Waals surface area contributed by atoms with Gasteiger partial charge in [0.15, 0.2) is 0 Å². The topological polar surface area (TPSA) is 82.5 Å². The highest BCUT2D eigenvalue weighted by atomic mass is 32.1. The van der Waals surface area contributed by atoms with E-state index < -0.39 is 11.4 Å². The van der Waals surface area contributed by atoms with Gasteiger partial charge in [0.2, 0.25) is 0 Å². The lowest BCUT2D eigenvalue weighted by atomic mass is 9.81. The van der Waals surface area contributed by atoms with Crippen LogP contribution in [0.1, 0.15) is 24.3 Å². The van der Waals surface area contributed by atoms with Gasteiger partial charge in [-0.05, 0) is 37.8 Å². The lowest BCUT2D eigenvalue weighted by molar-refractivity contribution is -0.149. The number of nitrogens with one attached hydrogen (secondary N) is 1. The van der Waals surface area contributed by atoms with Gasteiger partial charge in [-0.2, -0.15) is 0 Å². The van der Waals surface area contributed by atoms with Gasteiger partial charge in [0.05, 0.1) is 16.1 Å². The van der Waals surface area contributed by atoms with Crippen LogP contribution in [0.25, 0.3) is 11.3 Å². The van der Waals surface area contributed by atoms with E-state index >= 15 is 0 Å². The van der Waals surface area contributed by atoms with Gasteiger partial charge in [-0.15, -0.1) is 11.3 Å². The number of rotatable bonds is 3. The molecule has 1 aliphatic heterocycles. The second-order valence-electron chi connectivity index (χ2n) is 7.19. The van der Waals surface area contributed by atoms with Crippen LogP contribution >= 0.6 is 11.3 Å². The molecule has 2 aliphatic rings. The second kappa shape index (κ2) is 6.39. The number of carbonyl (C=O) groups is 2. The van der Waals surface area contributed by atoms with Crippen molar-refractivity contribution < 1.29 is 14.7 Å². The molecule has 2 aromatic rings. The third-order valence-corrected chi connectivity index (χ3v) is 6.41. The number of amides is 2. The number of nitrogens with zero attached hydrogens (tertiary/aromatic N) is 2. The Hall–Kier alpha value is -2.41. The monoisotopic (exact) mass is 371 g/mol. The average Bonchev–Trinajstić information content (AvgIpc) is 3.29. The fourth-order valence-corrected chi connectivity index (χ4v) is 4.84. The Kier molecular flexibility index (Phi) is 4.19. The van der Waals surface area contributed by atoms with Crippen molar-refractivity contribution in [3.05, 3.63) is 34.7 Å². The number of aryl methyl sites for hydroxylation is 1. The van der Waals surface area contributed by atoms with E-state index in [0.717, 1.165) is 29.1 Å². The molecule has 26 heavy (non-hydrogen) atoms. The van der Waals surface area contributed by atoms with Crippen LogP contribution in [-0.4, -0.2) is 40.1 Å². The van der Waals surface area contributed by atoms with Crippen molar-refractivity contribution in [2.45, 2.75) is 26.2 Å². The van der Waals surface area contributed by atoms with Crippen LogP contribution in [0.4, 0.5) is 10.5 Å². The molecule has 2 N–H and O–H groups in total. The Bertz CT molecular complexity index is 848. The Labute approximate surface area is 155 Å². The van der Waals surface area contributed by atoms with Gasteiger partial charge >= 0.3 is 12.0 Å². The largest absolute Gasteiger partial charge is 0.481 e. The van der Waals surface area contributed by atoms with Crippen molar-refractivity contribution >= 4 is 29.0 Å². The molecule has 1 aromatic carbocycles. The van der Waals surface area contributed by atoms with Crippen molar-refractivity contribution in [2.24, 2.45) is 11.3 Å². The molecule has 1 saturated heterocycles. The highest BCUT2D eigenvalue weighted by molar-refractivity contribution is 7.09. The maximum atomic E-state index is 12.6. The van der Waals surface area contributed by atoms with Crippen LogP contribution in [0, 0.1) is 18.3 Å². The standard InChI is InChI=1S/C19H21N3O3S/c1-12-20-16(10-26-12)13-4-6-15(7-5-13)21-18(25)22-9-14-3-2-8-19(14,11-22)17(23)24/h4-7,10,14H,2-3,8-9,11H2,1H3,(H,21,25)(H,23,24)/t14-,19+/m0/s1. The maximum absolute atomic E-state index is 12.6. The number of benzene rings is 1. The summed E-state index contributed by atoms with van der Waals surface area (Å²) in [5.74, 6) is -0.695. The first-order chi connectivity index (χ1) is 12.5. The SMILES string of the molecule is Cc1nc(-c2ccc(NC(=O)N3C[C@@H]4CCC[C@@]4(C(=O)O)C3)cc2)cs1. The molecule has 0 bridgehead atoms. The van der Waals surface area contributed by atoms with Gasteiger partial charge < -0.3 is 15.3 Å². The molecule has 136 valence electrons. The van der Waals surface area contributed by atoms with Crippen LogP contribution in [0.3, 0.4) is 0 Å². The van der Waals surface area contributed by atoms with Gasteiger partial charge in [0, 0.05) is 29.7 Å². The predicted molar refractivity (Wildman–Crippen MR) is 100 cm³/mol. The molecular formula is C19H21N3O3S. The number of thiazole rings is 1. The third-order valence-electron chi connectivity index (χ3n) is 5.63. The molecule has 0 unspecified atom stereocenters. The van der Waals surface area contributed by atoms with Crippen LogP contribution in [-0.2, 0) is 4.79 Å². The molecular weight excluding hydrogens is 350 g/mol. The van der Waals surface area contributed by atoms with Crippen molar-refractivity contribution in [1.29, 1.82) is 0 Å². The van der Waals surface area contributed by atoms with Crippen molar-refractivity contribution in [2.75, 3.05) is 18.4 Å². The molecule has 1 aromatic heterocycles. The average molecular weight is 371 g/mol. The first-order valence-electron chi connectivity index (χ1n) is 8.80. The molecule has 2 heterocycles. The predicted octanol–water partition coefficient (Wildman–Crippen LogP) is 3.84. The number of aliphatic carboxylic acids is 1. The van der Waals surface area contributed by atoms with Crippen molar-refractivity contribution in [1.82, 2.24) is 9.88 Å². The summed E-state index contributed by atoms with van der Waals surface area (Å²) in [4.78, 5) is 30.4. The summed E-state index contributed by atoms with van der Waals surface area (Å²) in [5.41, 5.74) is 1.89. The summed E-state index contributed by atoms with van der Waals surface area (Å²) in [7, 11) is 0. The van der Waals surface area contributed by atoms with Crippen LogP contribution in [0.2, 0.25) is 0 Å². The lowest BCUT2D eigenvalue weighted by Crippen LogP contribution is -2.38. The normalized spacial score (nSPS) is 24.5. The van der Waals surface area contributed by atoms with Gasteiger partial charge in [-0.25, -0.2) is 9.78 Å². The number of fused-ring (bicyclic) bond motifs is 1. The van der Waals surface area contributed by atoms with Crippen LogP contribution in [0.5, 0.6) is 0 Å². The first kappa shape index (κ1) is 17.0. The van der Waals surface area contributed by atoms with Gasteiger partial charge in [-0.3, -0.25) is 4.79 Å². The minimum atomic E-state index is -0.766. The summed E-state index contributed by atoms with van der Waals surface area (Å²) in [6, 6.07) is 7.35. The van der Waals surface area contributed by atoms with E-state index in [1.807, 2.05) is 36.6 Å². The number of hydrogen-bond donors (Lipinski definition) is 2. The molecule has 6 nitrogen and oxygen atoms in total. The molecule has 0 spiro atoms. The summed E-state index contributed by atoms with van der Waals surface area (Å²) < 4.78 is 0. The Morgan fingerprint density at radius 1 is 1.35 bits per heavy atom. The van der Waals surface area contributed by atoms with Crippen molar-refractivity contribution in [3.63, 3.8) is 0 Å². The second-order valence-corrected chi connectivity index (χ2v) is 8.25. The number of carboxylic acid groups (broad SMARTS) is 1. The van der Waals surface area contributed by atoms with E-state index in [9.17, 15) is 14.7 Å². The van der Waals surface area contributed by atoms with Crippen LogP contribution < -0.4 is 5.32 Å². The van der Waals surface area contributed by atoms with Gasteiger partial charge in [-0.1, -0.05) is 18.6 Å². The summed E-state index contributed by atoms with van der Waals surface area (Å²) >= 11 is 1.61. The van der Waals surface area contributed by atoms with Gasteiger partial charge in [0.1, 0.15) is 0 Å². The quantitative estimate of drug-likeness (QED) is 0.859. The Morgan fingerprint density at radius 2 is 2.12 bits per heavy atom. The summed E-state index contributed by atoms with van der Waals surface area (Å²) in [5, 5.41) is 15.6.